The van der Waals surface area contributed by atoms with Gasteiger partial charge in [-0.15, -0.1) is 0 Å². The number of hydrogen-bond donors (Lipinski definition) is 0. The van der Waals surface area contributed by atoms with Crippen LogP contribution in [-0.4, -0.2) is 4.98 Å². The fourth-order valence-electron chi connectivity index (χ4n) is 1.30. The van der Waals surface area contributed by atoms with Crippen LogP contribution in [0.4, 0.5) is 8.78 Å². The molecule has 1 aromatic heterocycles. The van der Waals surface area contributed by atoms with Crippen LogP contribution < -0.4 is 4.74 Å². The number of pyridine rings is 1. The molecule has 0 bridgehead atoms. The molecular formula is C12H8BrF2NO. The van der Waals surface area contributed by atoms with Gasteiger partial charge in [0.05, 0.1) is 0 Å². The quantitative estimate of drug-likeness (QED) is 0.828. The zero-order valence-electron chi connectivity index (χ0n) is 8.88. The third-order valence-electron chi connectivity index (χ3n) is 2.10. The highest BCUT2D eigenvalue weighted by Crippen LogP contribution is 2.27. The molecule has 17 heavy (non-hydrogen) atoms. The summed E-state index contributed by atoms with van der Waals surface area (Å²) in [5.74, 6) is -1.16. The highest BCUT2D eigenvalue weighted by Gasteiger charge is 2.09. The fourth-order valence-corrected chi connectivity index (χ4v) is 1.74. The van der Waals surface area contributed by atoms with E-state index in [1.54, 1.807) is 19.2 Å². The molecule has 0 saturated carbocycles. The van der Waals surface area contributed by atoms with Crippen molar-refractivity contribution in [1.29, 1.82) is 0 Å². The number of rotatable bonds is 2. The maximum Gasteiger partial charge on any atom is 0.222 e. The molecule has 0 fully saturated rings. The first kappa shape index (κ1) is 12.0. The molecular weight excluding hydrogens is 292 g/mol. The molecule has 1 heterocycles. The Bertz CT molecular complexity index is 511. The van der Waals surface area contributed by atoms with Crippen LogP contribution in [0.3, 0.4) is 0 Å². The third kappa shape index (κ3) is 2.79. The van der Waals surface area contributed by atoms with E-state index < -0.39 is 11.6 Å². The number of aryl methyl sites for hydroxylation is 1. The second kappa shape index (κ2) is 4.79. The Morgan fingerprint density at radius 3 is 2.65 bits per heavy atom. The van der Waals surface area contributed by atoms with Crippen LogP contribution in [0.2, 0.25) is 0 Å². The van der Waals surface area contributed by atoms with Gasteiger partial charge in [-0.05, 0) is 41.1 Å². The van der Waals surface area contributed by atoms with Crippen LogP contribution in [0.1, 0.15) is 5.56 Å². The van der Waals surface area contributed by atoms with Crippen molar-refractivity contribution in [3.8, 4) is 11.6 Å². The number of halogens is 3. The summed E-state index contributed by atoms with van der Waals surface area (Å²) in [5, 5.41) is 0. The van der Waals surface area contributed by atoms with Crippen molar-refractivity contribution in [3.05, 3.63) is 52.1 Å². The molecule has 0 aliphatic rings. The molecule has 2 rings (SSSR count). The summed E-state index contributed by atoms with van der Waals surface area (Å²) >= 11 is 3.26. The van der Waals surface area contributed by atoms with E-state index in [-0.39, 0.29) is 5.75 Å². The normalized spacial score (nSPS) is 10.4. The summed E-state index contributed by atoms with van der Waals surface area (Å²) in [6.45, 7) is 1.79. The zero-order valence-corrected chi connectivity index (χ0v) is 10.5. The summed E-state index contributed by atoms with van der Waals surface area (Å²) < 4.78 is 32.1. The van der Waals surface area contributed by atoms with Gasteiger partial charge in [0.2, 0.25) is 5.88 Å². The molecule has 5 heteroatoms. The van der Waals surface area contributed by atoms with E-state index in [1.165, 1.54) is 6.07 Å². The Morgan fingerprint density at radius 2 is 2.00 bits per heavy atom. The zero-order chi connectivity index (χ0) is 12.4. The molecule has 0 radical (unpaired) electrons. The first-order chi connectivity index (χ1) is 8.06. The van der Waals surface area contributed by atoms with Crippen molar-refractivity contribution in [2.24, 2.45) is 0 Å². The van der Waals surface area contributed by atoms with Crippen molar-refractivity contribution in [2.45, 2.75) is 6.92 Å². The van der Waals surface area contributed by atoms with Crippen LogP contribution >= 0.6 is 15.9 Å². The first-order valence-electron chi connectivity index (χ1n) is 4.81. The van der Waals surface area contributed by atoms with E-state index in [0.717, 1.165) is 22.2 Å². The highest BCUT2D eigenvalue weighted by molar-refractivity contribution is 9.10. The minimum atomic E-state index is -0.755. The van der Waals surface area contributed by atoms with E-state index in [4.69, 9.17) is 4.74 Å². The fraction of sp³-hybridized carbons (Fsp3) is 0.0833. The Balaban J connectivity index is 2.31. The molecule has 2 aromatic rings. The molecule has 0 N–H and O–H groups in total. The largest absolute Gasteiger partial charge is 0.436 e. The van der Waals surface area contributed by atoms with Crippen LogP contribution in [0, 0.1) is 18.6 Å². The van der Waals surface area contributed by atoms with Crippen molar-refractivity contribution in [1.82, 2.24) is 4.98 Å². The average Bonchev–Trinajstić information content (AvgIpc) is 2.25. The molecule has 0 aliphatic heterocycles. The van der Waals surface area contributed by atoms with Crippen molar-refractivity contribution < 1.29 is 13.5 Å². The molecule has 0 atom stereocenters. The van der Waals surface area contributed by atoms with Gasteiger partial charge in [-0.25, -0.2) is 13.8 Å². The average molecular weight is 300 g/mol. The Labute approximate surface area is 105 Å². The Morgan fingerprint density at radius 1 is 1.24 bits per heavy atom. The summed E-state index contributed by atoms with van der Waals surface area (Å²) in [7, 11) is 0. The first-order valence-corrected chi connectivity index (χ1v) is 5.60. The van der Waals surface area contributed by atoms with E-state index in [9.17, 15) is 8.78 Å². The maximum absolute atomic E-state index is 13.3. The van der Waals surface area contributed by atoms with E-state index in [2.05, 4.69) is 20.9 Å². The van der Waals surface area contributed by atoms with E-state index in [0.29, 0.717) is 5.88 Å². The molecule has 0 amide bonds. The van der Waals surface area contributed by atoms with Gasteiger partial charge in [-0.2, -0.15) is 0 Å². The molecule has 0 spiro atoms. The second-order valence-electron chi connectivity index (χ2n) is 3.45. The third-order valence-corrected chi connectivity index (χ3v) is 2.53. The van der Waals surface area contributed by atoms with Crippen LogP contribution in [-0.2, 0) is 0 Å². The number of hydrogen-bond acceptors (Lipinski definition) is 2. The van der Waals surface area contributed by atoms with Gasteiger partial charge in [0.15, 0.2) is 11.6 Å². The lowest BCUT2D eigenvalue weighted by Crippen LogP contribution is -1.94. The summed E-state index contributed by atoms with van der Waals surface area (Å²) in [6.07, 6.45) is 1.55. The van der Waals surface area contributed by atoms with Crippen LogP contribution in [0.5, 0.6) is 11.6 Å². The van der Waals surface area contributed by atoms with E-state index >= 15 is 0 Å². The van der Waals surface area contributed by atoms with Crippen molar-refractivity contribution in [2.75, 3.05) is 0 Å². The van der Waals surface area contributed by atoms with Gasteiger partial charge in [-0.3, -0.25) is 0 Å². The summed E-state index contributed by atoms with van der Waals surface area (Å²) in [5.41, 5.74) is 0.753. The second-order valence-corrected chi connectivity index (χ2v) is 4.37. The number of aromatic nitrogens is 1. The molecule has 1 aromatic carbocycles. The molecule has 0 unspecified atom stereocenters. The topological polar surface area (TPSA) is 22.1 Å². The minimum absolute atomic E-state index is 0.0516. The molecule has 0 saturated heterocycles. The minimum Gasteiger partial charge on any atom is -0.436 e. The summed E-state index contributed by atoms with van der Waals surface area (Å²) in [6, 6.07) is 4.92. The number of ether oxygens (including phenoxy) is 1. The van der Waals surface area contributed by atoms with Gasteiger partial charge in [0.1, 0.15) is 5.82 Å². The highest BCUT2D eigenvalue weighted by atomic mass is 79.9. The predicted molar refractivity (Wildman–Crippen MR) is 63.1 cm³/mol. The van der Waals surface area contributed by atoms with E-state index in [1.807, 2.05) is 0 Å². The van der Waals surface area contributed by atoms with Crippen LogP contribution in [0.15, 0.2) is 34.9 Å². The Kier molecular flexibility index (Phi) is 3.38. The number of benzene rings is 1. The SMILES string of the molecule is Cc1cc(Br)cnc1Oc1ccc(F)cc1F. The van der Waals surface area contributed by atoms with Gasteiger partial charge < -0.3 is 4.74 Å². The summed E-state index contributed by atoms with van der Waals surface area (Å²) in [4.78, 5) is 4.01. The lowest BCUT2D eigenvalue weighted by atomic mass is 10.3. The van der Waals surface area contributed by atoms with Crippen molar-refractivity contribution >= 4 is 15.9 Å². The lowest BCUT2D eigenvalue weighted by molar-refractivity contribution is 0.420. The van der Waals surface area contributed by atoms with Gasteiger partial charge in [0, 0.05) is 22.3 Å². The molecule has 2 nitrogen and oxygen atoms in total. The standard InChI is InChI=1S/C12H8BrF2NO/c1-7-4-8(13)6-16-12(7)17-11-3-2-9(14)5-10(11)15/h2-6H,1H3. The van der Waals surface area contributed by atoms with Crippen molar-refractivity contribution in [3.63, 3.8) is 0 Å². The lowest BCUT2D eigenvalue weighted by Gasteiger charge is -2.08. The smallest absolute Gasteiger partial charge is 0.222 e. The number of nitrogens with zero attached hydrogens (tertiary/aromatic N) is 1. The monoisotopic (exact) mass is 299 g/mol. The van der Waals surface area contributed by atoms with Gasteiger partial charge in [0.25, 0.3) is 0 Å². The molecule has 0 aliphatic carbocycles. The molecule has 88 valence electrons. The van der Waals surface area contributed by atoms with Gasteiger partial charge >= 0.3 is 0 Å². The van der Waals surface area contributed by atoms with Gasteiger partial charge in [-0.1, -0.05) is 0 Å². The maximum atomic E-state index is 13.3. The van der Waals surface area contributed by atoms with Crippen LogP contribution in [0.25, 0.3) is 0 Å². The Hall–Kier alpha value is -1.49. The predicted octanol–water partition coefficient (Wildman–Crippen LogP) is 4.22.